The van der Waals surface area contributed by atoms with E-state index in [-0.39, 0.29) is 24.4 Å². The molecule has 0 aliphatic carbocycles. The van der Waals surface area contributed by atoms with Crippen LogP contribution in [-0.2, 0) is 4.74 Å². The number of hydrogen-bond acceptors (Lipinski definition) is 3. The third-order valence-electron chi connectivity index (χ3n) is 3.02. The number of carbonyl (C=O) groups is 1. The summed E-state index contributed by atoms with van der Waals surface area (Å²) in [6, 6.07) is 3.78. The molecule has 114 valence electrons. The van der Waals surface area contributed by atoms with Crippen molar-refractivity contribution in [1.29, 1.82) is 0 Å². The van der Waals surface area contributed by atoms with Gasteiger partial charge in [-0.1, -0.05) is 25.7 Å². The van der Waals surface area contributed by atoms with Crippen LogP contribution in [0.1, 0.15) is 29.8 Å². The molecule has 0 fully saturated rings. The van der Waals surface area contributed by atoms with Crippen LogP contribution in [0.5, 0.6) is 0 Å². The molecule has 0 heterocycles. The predicted molar refractivity (Wildman–Crippen MR) is 80.3 cm³/mol. The van der Waals surface area contributed by atoms with Crippen LogP contribution >= 0.6 is 0 Å². The van der Waals surface area contributed by atoms with Crippen molar-refractivity contribution >= 4 is 5.91 Å². The Morgan fingerprint density at radius 2 is 2.19 bits per heavy atom. The number of hydrogen-bond donors (Lipinski definition) is 2. The zero-order chi connectivity index (χ0) is 15.8. The van der Waals surface area contributed by atoms with E-state index < -0.39 is 5.82 Å². The second-order valence-corrected chi connectivity index (χ2v) is 4.98. The molecule has 1 unspecified atom stereocenters. The maximum Gasteiger partial charge on any atom is 0.252 e. The predicted octanol–water partition coefficient (Wildman–Crippen LogP) is 1.54. The zero-order valence-corrected chi connectivity index (χ0v) is 12.6. The van der Waals surface area contributed by atoms with Gasteiger partial charge in [0.2, 0.25) is 0 Å². The van der Waals surface area contributed by atoms with E-state index in [4.69, 9.17) is 10.5 Å². The first kappa shape index (κ1) is 17.2. The summed E-state index contributed by atoms with van der Waals surface area (Å²) in [4.78, 5) is 12.3. The van der Waals surface area contributed by atoms with Gasteiger partial charge in [-0.05, 0) is 24.1 Å². The van der Waals surface area contributed by atoms with Crippen LogP contribution < -0.4 is 11.1 Å². The molecule has 1 amide bonds. The Balaban J connectivity index is 3.01. The van der Waals surface area contributed by atoms with Gasteiger partial charge < -0.3 is 15.8 Å². The summed E-state index contributed by atoms with van der Waals surface area (Å²) in [6.07, 6.45) is 0. The van der Waals surface area contributed by atoms with Gasteiger partial charge in [0.15, 0.2) is 0 Å². The number of nitrogens with one attached hydrogen (secondary N) is 1. The average Bonchev–Trinajstić information content (AvgIpc) is 2.44. The molecule has 21 heavy (non-hydrogen) atoms. The largest absolute Gasteiger partial charge is 0.383 e. The van der Waals surface area contributed by atoms with Crippen molar-refractivity contribution in [3.05, 3.63) is 35.1 Å². The summed E-state index contributed by atoms with van der Waals surface area (Å²) in [5, 5.41) is 2.88. The zero-order valence-electron chi connectivity index (χ0n) is 12.6. The molecule has 0 aliphatic rings. The molecular weight excluding hydrogens is 271 g/mol. The van der Waals surface area contributed by atoms with Gasteiger partial charge >= 0.3 is 0 Å². The highest BCUT2D eigenvalue weighted by molar-refractivity contribution is 5.97. The van der Waals surface area contributed by atoms with Gasteiger partial charge in [0.25, 0.3) is 5.91 Å². The summed E-state index contributed by atoms with van der Waals surface area (Å²) in [5.74, 6) is 4.83. The number of benzene rings is 1. The molecular formula is C16H21FN2O2. The lowest BCUT2D eigenvalue weighted by molar-refractivity contribution is 0.0866. The average molecular weight is 292 g/mol. The van der Waals surface area contributed by atoms with Crippen molar-refractivity contribution < 1.29 is 13.9 Å². The van der Waals surface area contributed by atoms with Crippen LogP contribution in [0.4, 0.5) is 4.39 Å². The van der Waals surface area contributed by atoms with Crippen molar-refractivity contribution in [2.45, 2.75) is 19.9 Å². The van der Waals surface area contributed by atoms with Gasteiger partial charge in [-0.3, -0.25) is 4.79 Å². The maximum atomic E-state index is 13.3. The van der Waals surface area contributed by atoms with Gasteiger partial charge in [-0.25, -0.2) is 4.39 Å². The molecule has 0 spiro atoms. The third kappa shape index (κ3) is 5.18. The van der Waals surface area contributed by atoms with Crippen molar-refractivity contribution in [2.24, 2.45) is 11.7 Å². The first-order valence-corrected chi connectivity index (χ1v) is 6.77. The Bertz CT molecular complexity index is 547. The molecule has 4 nitrogen and oxygen atoms in total. The second-order valence-electron chi connectivity index (χ2n) is 4.98. The second kappa shape index (κ2) is 8.40. The number of rotatable bonds is 5. The van der Waals surface area contributed by atoms with E-state index in [1.165, 1.54) is 18.2 Å². The Morgan fingerprint density at radius 3 is 2.76 bits per heavy atom. The van der Waals surface area contributed by atoms with E-state index >= 15 is 0 Å². The first-order valence-electron chi connectivity index (χ1n) is 6.77. The Labute approximate surface area is 124 Å². The Morgan fingerprint density at radius 1 is 1.48 bits per heavy atom. The van der Waals surface area contributed by atoms with Crippen LogP contribution in [-0.4, -0.2) is 32.2 Å². The minimum Gasteiger partial charge on any atom is -0.383 e. The highest BCUT2D eigenvalue weighted by Crippen LogP contribution is 2.12. The molecule has 1 aromatic rings. The minimum absolute atomic E-state index is 0.122. The number of carbonyl (C=O) groups excluding carboxylic acids is 1. The SMILES string of the molecule is COCC(NC(=O)c1ccc(F)cc1C#CCN)C(C)C. The topological polar surface area (TPSA) is 64.3 Å². The normalized spacial score (nSPS) is 11.7. The fourth-order valence-corrected chi connectivity index (χ4v) is 1.79. The molecule has 0 bridgehead atoms. The van der Waals surface area contributed by atoms with Crippen LogP contribution in [0.2, 0.25) is 0 Å². The van der Waals surface area contributed by atoms with Crippen LogP contribution in [0.3, 0.4) is 0 Å². The molecule has 1 aromatic carbocycles. The molecule has 0 radical (unpaired) electrons. The monoisotopic (exact) mass is 292 g/mol. The van der Waals surface area contributed by atoms with Crippen LogP contribution in [0, 0.1) is 23.6 Å². The van der Waals surface area contributed by atoms with E-state index in [0.29, 0.717) is 17.7 Å². The summed E-state index contributed by atoms with van der Waals surface area (Å²) in [7, 11) is 1.58. The van der Waals surface area contributed by atoms with Crippen molar-refractivity contribution in [3.63, 3.8) is 0 Å². The molecule has 0 aliphatic heterocycles. The molecule has 1 rings (SSSR count). The molecule has 0 saturated heterocycles. The first-order chi connectivity index (χ1) is 9.99. The Kier molecular flexibility index (Phi) is 6.86. The van der Waals surface area contributed by atoms with Crippen LogP contribution in [0.25, 0.3) is 0 Å². The molecule has 0 saturated carbocycles. The Hall–Kier alpha value is -1.90. The van der Waals surface area contributed by atoms with Crippen molar-refractivity contribution in [3.8, 4) is 11.8 Å². The van der Waals surface area contributed by atoms with Gasteiger partial charge in [0.05, 0.1) is 24.8 Å². The summed E-state index contributed by atoms with van der Waals surface area (Å²) in [6.45, 7) is 4.54. The lowest BCUT2D eigenvalue weighted by atomic mass is 10.0. The fourth-order valence-electron chi connectivity index (χ4n) is 1.79. The summed E-state index contributed by atoms with van der Waals surface area (Å²) < 4.78 is 18.4. The lowest BCUT2D eigenvalue weighted by Crippen LogP contribution is -2.41. The van der Waals surface area contributed by atoms with Gasteiger partial charge in [-0.15, -0.1) is 0 Å². The van der Waals surface area contributed by atoms with E-state index in [1.54, 1.807) is 7.11 Å². The van der Waals surface area contributed by atoms with E-state index in [1.807, 2.05) is 13.8 Å². The van der Waals surface area contributed by atoms with Gasteiger partial charge in [0, 0.05) is 12.7 Å². The quantitative estimate of drug-likeness (QED) is 0.809. The fraction of sp³-hybridized carbons (Fsp3) is 0.438. The number of halogens is 1. The number of amides is 1. The lowest BCUT2D eigenvalue weighted by Gasteiger charge is -2.21. The smallest absolute Gasteiger partial charge is 0.252 e. The molecule has 0 aromatic heterocycles. The summed E-state index contributed by atoms with van der Waals surface area (Å²) in [5.41, 5.74) is 5.98. The van der Waals surface area contributed by atoms with Crippen molar-refractivity contribution in [1.82, 2.24) is 5.32 Å². The van der Waals surface area contributed by atoms with E-state index in [0.717, 1.165) is 0 Å². The van der Waals surface area contributed by atoms with Crippen LogP contribution in [0.15, 0.2) is 18.2 Å². The highest BCUT2D eigenvalue weighted by Gasteiger charge is 2.18. The molecule has 3 N–H and O–H groups in total. The van der Waals surface area contributed by atoms with Gasteiger partial charge in [-0.2, -0.15) is 0 Å². The molecule has 1 atom stereocenters. The van der Waals surface area contributed by atoms with E-state index in [9.17, 15) is 9.18 Å². The number of nitrogens with two attached hydrogens (primary N) is 1. The van der Waals surface area contributed by atoms with Crippen molar-refractivity contribution in [2.75, 3.05) is 20.3 Å². The van der Waals surface area contributed by atoms with E-state index in [2.05, 4.69) is 17.2 Å². The standard InChI is InChI=1S/C16H21FN2O2/c1-11(2)15(10-21-3)19-16(20)14-7-6-13(17)9-12(14)5-4-8-18/h6-7,9,11,15H,8,10,18H2,1-3H3,(H,19,20). The number of methoxy groups -OCH3 is 1. The highest BCUT2D eigenvalue weighted by atomic mass is 19.1. The maximum absolute atomic E-state index is 13.3. The minimum atomic E-state index is -0.440. The van der Waals surface area contributed by atoms with Gasteiger partial charge in [0.1, 0.15) is 5.82 Å². The molecule has 5 heteroatoms. The number of ether oxygens (including phenoxy) is 1. The summed E-state index contributed by atoms with van der Waals surface area (Å²) >= 11 is 0. The third-order valence-corrected chi connectivity index (χ3v) is 3.02.